The molecule has 2 aliphatic heterocycles. The van der Waals surface area contributed by atoms with Gasteiger partial charge in [0, 0.05) is 25.9 Å². The third-order valence-corrected chi connectivity index (χ3v) is 5.50. The van der Waals surface area contributed by atoms with Gasteiger partial charge in [0.1, 0.15) is 5.84 Å². The molecular formula is C20H18F3N5. The predicted molar refractivity (Wildman–Crippen MR) is 98.6 cm³/mol. The van der Waals surface area contributed by atoms with Crippen molar-refractivity contribution < 1.29 is 13.2 Å². The molecule has 0 saturated heterocycles. The minimum atomic E-state index is -4.56. The van der Waals surface area contributed by atoms with Crippen LogP contribution in [-0.4, -0.2) is 38.7 Å². The normalized spacial score (nSPS) is 19.0. The Morgan fingerprint density at radius 3 is 2.61 bits per heavy atom. The number of nitrogens with zero attached hydrogens (tertiary/aromatic N) is 5. The number of allylic oxidation sites excluding steroid dienone is 2. The van der Waals surface area contributed by atoms with E-state index >= 15 is 0 Å². The summed E-state index contributed by atoms with van der Waals surface area (Å²) >= 11 is 0. The molecule has 1 aromatic heterocycles. The van der Waals surface area contributed by atoms with Crippen molar-refractivity contribution in [3.05, 3.63) is 64.8 Å². The highest BCUT2D eigenvalue weighted by Crippen LogP contribution is 2.35. The lowest BCUT2D eigenvalue weighted by atomic mass is 9.94. The van der Waals surface area contributed by atoms with Crippen LogP contribution in [-0.2, 0) is 19.0 Å². The molecule has 0 amide bonds. The summed E-state index contributed by atoms with van der Waals surface area (Å²) in [5.41, 5.74) is 5.23. The molecule has 0 fully saturated rings. The number of rotatable bonds is 1. The predicted octanol–water partition coefficient (Wildman–Crippen LogP) is 3.68. The zero-order chi connectivity index (χ0) is 19.3. The molecular weight excluding hydrogens is 367 g/mol. The molecule has 1 aliphatic carbocycles. The first-order valence-corrected chi connectivity index (χ1v) is 9.33. The Kier molecular flexibility index (Phi) is 3.89. The van der Waals surface area contributed by atoms with Crippen molar-refractivity contribution in [3.8, 4) is 0 Å². The van der Waals surface area contributed by atoms with E-state index in [1.807, 2.05) is 4.90 Å². The van der Waals surface area contributed by atoms with Gasteiger partial charge in [0.2, 0.25) is 0 Å². The Morgan fingerprint density at radius 1 is 0.964 bits per heavy atom. The van der Waals surface area contributed by atoms with Gasteiger partial charge >= 0.3 is 6.18 Å². The lowest BCUT2D eigenvalue weighted by Gasteiger charge is -2.31. The second-order valence-corrected chi connectivity index (χ2v) is 7.17. The highest BCUT2D eigenvalue weighted by atomic mass is 19.4. The molecule has 3 aliphatic rings. The fourth-order valence-corrected chi connectivity index (χ4v) is 4.10. The molecule has 28 heavy (non-hydrogen) atoms. The van der Waals surface area contributed by atoms with Crippen LogP contribution in [0.3, 0.4) is 0 Å². The van der Waals surface area contributed by atoms with Gasteiger partial charge in [0.15, 0.2) is 5.82 Å². The van der Waals surface area contributed by atoms with E-state index in [4.69, 9.17) is 0 Å². The highest BCUT2D eigenvalue weighted by Gasteiger charge is 2.40. The second-order valence-electron chi connectivity index (χ2n) is 7.17. The number of fused-ring (bicyclic) bond motifs is 2. The molecule has 5 nitrogen and oxygen atoms in total. The van der Waals surface area contributed by atoms with E-state index in [-0.39, 0.29) is 5.82 Å². The molecule has 0 N–H and O–H groups in total. The van der Waals surface area contributed by atoms with Crippen LogP contribution < -0.4 is 0 Å². The van der Waals surface area contributed by atoms with Crippen molar-refractivity contribution >= 4 is 11.4 Å². The number of alkyl halides is 3. The Bertz CT molecular complexity index is 1030. The molecule has 1 aromatic carbocycles. The standard InChI is InChI=1S/C20H18F3N5/c21-20(22,23)19-25-24-17-7-8-18(26-28(17)19)27-11-9-14(10-12-27)16-6-5-13-3-1-2-4-15(13)16/h1-4,6,9H,5,7-8,10-12H2. The first kappa shape index (κ1) is 17.2. The number of hydrogen-bond donors (Lipinski definition) is 0. The number of aromatic nitrogens is 3. The molecule has 0 atom stereocenters. The maximum atomic E-state index is 13.1. The molecule has 0 spiro atoms. The third-order valence-electron chi connectivity index (χ3n) is 5.50. The zero-order valence-electron chi connectivity index (χ0n) is 15.1. The van der Waals surface area contributed by atoms with Crippen LogP contribution in [0.5, 0.6) is 0 Å². The van der Waals surface area contributed by atoms with E-state index in [2.05, 4.69) is 51.7 Å². The summed E-state index contributed by atoms with van der Waals surface area (Å²) in [6.45, 7) is 1.38. The molecule has 144 valence electrons. The molecule has 0 unspecified atom stereocenters. The quantitative estimate of drug-likeness (QED) is 0.752. The van der Waals surface area contributed by atoms with Crippen molar-refractivity contribution in [2.75, 3.05) is 13.1 Å². The summed E-state index contributed by atoms with van der Waals surface area (Å²) in [4.78, 5) is 2.05. The van der Waals surface area contributed by atoms with Gasteiger partial charge in [-0.25, -0.2) is 0 Å². The van der Waals surface area contributed by atoms with E-state index < -0.39 is 12.0 Å². The summed E-state index contributed by atoms with van der Waals surface area (Å²) < 4.78 is 40.2. The van der Waals surface area contributed by atoms with Crippen LogP contribution >= 0.6 is 0 Å². The summed E-state index contributed by atoms with van der Waals surface area (Å²) in [5.74, 6) is -0.133. The van der Waals surface area contributed by atoms with E-state index in [9.17, 15) is 13.2 Å². The lowest BCUT2D eigenvalue weighted by molar-refractivity contribution is -0.147. The number of amidine groups is 1. The van der Waals surface area contributed by atoms with Crippen molar-refractivity contribution in [3.63, 3.8) is 0 Å². The van der Waals surface area contributed by atoms with E-state index in [0.29, 0.717) is 25.2 Å². The van der Waals surface area contributed by atoms with Crippen molar-refractivity contribution in [2.45, 2.75) is 31.9 Å². The highest BCUT2D eigenvalue weighted by molar-refractivity contribution is 5.86. The van der Waals surface area contributed by atoms with Gasteiger partial charge in [-0.15, -0.1) is 10.2 Å². The van der Waals surface area contributed by atoms with Gasteiger partial charge in [-0.2, -0.15) is 22.9 Å². The Labute approximate surface area is 159 Å². The Morgan fingerprint density at radius 2 is 1.82 bits per heavy atom. The molecule has 3 heterocycles. The van der Waals surface area contributed by atoms with Gasteiger partial charge in [-0.3, -0.25) is 0 Å². The van der Waals surface area contributed by atoms with Crippen molar-refractivity contribution in [2.24, 2.45) is 5.10 Å². The van der Waals surface area contributed by atoms with Gasteiger partial charge in [0.25, 0.3) is 5.82 Å². The number of benzene rings is 1. The monoisotopic (exact) mass is 385 g/mol. The van der Waals surface area contributed by atoms with Crippen LogP contribution in [0.25, 0.3) is 5.57 Å². The number of hydrogen-bond acceptors (Lipinski definition) is 4. The summed E-state index contributed by atoms with van der Waals surface area (Å²) in [7, 11) is 0. The second kappa shape index (κ2) is 6.32. The summed E-state index contributed by atoms with van der Waals surface area (Å²) in [6.07, 6.45) is 2.67. The lowest BCUT2D eigenvalue weighted by Crippen LogP contribution is -2.37. The fourth-order valence-electron chi connectivity index (χ4n) is 4.10. The minimum Gasteiger partial charge on any atom is -0.355 e. The first-order valence-electron chi connectivity index (χ1n) is 9.33. The Hall–Kier alpha value is -2.90. The Balaban J connectivity index is 1.37. The SMILES string of the molecule is FC(F)(F)c1nnc2n1N=C(N1CC=C(C3=CCc4ccccc43)CC1)CC2. The van der Waals surface area contributed by atoms with E-state index in [0.717, 1.165) is 24.1 Å². The smallest absolute Gasteiger partial charge is 0.355 e. The van der Waals surface area contributed by atoms with Gasteiger partial charge < -0.3 is 4.90 Å². The topological polar surface area (TPSA) is 46.3 Å². The van der Waals surface area contributed by atoms with Crippen molar-refractivity contribution in [1.29, 1.82) is 0 Å². The van der Waals surface area contributed by atoms with Crippen molar-refractivity contribution in [1.82, 2.24) is 19.8 Å². The molecule has 0 radical (unpaired) electrons. The zero-order valence-corrected chi connectivity index (χ0v) is 15.1. The average Bonchev–Trinajstić information content (AvgIpc) is 3.31. The van der Waals surface area contributed by atoms with E-state index in [1.165, 1.54) is 22.3 Å². The minimum absolute atomic E-state index is 0.261. The third kappa shape index (κ3) is 2.83. The van der Waals surface area contributed by atoms with Crippen LogP contribution in [0.1, 0.15) is 35.6 Å². The van der Waals surface area contributed by atoms with E-state index in [1.54, 1.807) is 0 Å². The fraction of sp³-hybridized carbons (Fsp3) is 0.350. The van der Waals surface area contributed by atoms with Crippen LogP contribution in [0, 0.1) is 0 Å². The van der Waals surface area contributed by atoms with Gasteiger partial charge in [-0.05, 0) is 35.1 Å². The average molecular weight is 385 g/mol. The summed E-state index contributed by atoms with van der Waals surface area (Å²) in [5, 5.41) is 11.1. The molecule has 5 rings (SSSR count). The largest absolute Gasteiger partial charge is 0.453 e. The molecule has 0 saturated carbocycles. The summed E-state index contributed by atoms with van der Waals surface area (Å²) in [6, 6.07) is 8.42. The van der Waals surface area contributed by atoms with Gasteiger partial charge in [-0.1, -0.05) is 36.4 Å². The molecule has 2 aromatic rings. The number of halogens is 3. The van der Waals surface area contributed by atoms with Crippen LogP contribution in [0.4, 0.5) is 13.2 Å². The number of aryl methyl sites for hydroxylation is 1. The molecule has 0 bridgehead atoms. The maximum Gasteiger partial charge on any atom is 0.453 e. The van der Waals surface area contributed by atoms with Gasteiger partial charge in [0.05, 0.1) is 0 Å². The van der Waals surface area contributed by atoms with Crippen LogP contribution in [0.15, 0.2) is 47.1 Å². The molecule has 8 heteroatoms. The van der Waals surface area contributed by atoms with Crippen LogP contribution in [0.2, 0.25) is 0 Å². The first-order chi connectivity index (χ1) is 13.5. The maximum absolute atomic E-state index is 13.1.